The lowest BCUT2D eigenvalue weighted by atomic mass is 9.86. The predicted molar refractivity (Wildman–Crippen MR) is 42.1 cm³/mol. The van der Waals surface area contributed by atoms with Crippen LogP contribution in [0.2, 0.25) is 0 Å². The first-order valence-corrected chi connectivity index (χ1v) is 3.63. The zero-order chi connectivity index (χ0) is 8.65. The molecule has 0 unspecified atom stereocenters. The van der Waals surface area contributed by atoms with Gasteiger partial charge in [0.1, 0.15) is 0 Å². The van der Waals surface area contributed by atoms with E-state index in [0.29, 0.717) is 5.57 Å². The summed E-state index contributed by atoms with van der Waals surface area (Å²) in [5.41, 5.74) is 1.08. The van der Waals surface area contributed by atoms with Crippen molar-refractivity contribution >= 4 is 5.97 Å². The third kappa shape index (κ3) is 1.23. The molecule has 0 aromatic carbocycles. The number of carbonyl (C=O) groups is 1. The highest BCUT2D eigenvalue weighted by atomic mass is 16.4. The summed E-state index contributed by atoms with van der Waals surface area (Å²) < 4.78 is 0. The van der Waals surface area contributed by atoms with E-state index >= 15 is 0 Å². The van der Waals surface area contributed by atoms with Crippen molar-refractivity contribution in [2.45, 2.75) is 20.8 Å². The first-order chi connectivity index (χ1) is 4.95. The summed E-state index contributed by atoms with van der Waals surface area (Å²) in [5.74, 6) is -0.808. The van der Waals surface area contributed by atoms with Crippen molar-refractivity contribution < 1.29 is 9.90 Å². The molecule has 3 heteroatoms. The fourth-order valence-corrected chi connectivity index (χ4v) is 1.49. The number of hydrogen-bond donors (Lipinski definition) is 2. The van der Waals surface area contributed by atoms with E-state index in [2.05, 4.69) is 5.32 Å². The maximum absolute atomic E-state index is 10.7. The molecule has 1 aliphatic rings. The smallest absolute Gasteiger partial charge is 0.333 e. The Bertz CT molecular complexity index is 228. The Labute approximate surface area is 66.1 Å². The molecule has 0 saturated heterocycles. The van der Waals surface area contributed by atoms with Gasteiger partial charge in [-0.3, -0.25) is 0 Å². The van der Waals surface area contributed by atoms with Crippen LogP contribution >= 0.6 is 0 Å². The molecule has 0 radical (unpaired) electrons. The maximum Gasteiger partial charge on any atom is 0.333 e. The monoisotopic (exact) mass is 155 g/mol. The summed E-state index contributed by atoms with van der Waals surface area (Å²) >= 11 is 0. The summed E-state index contributed by atoms with van der Waals surface area (Å²) in [7, 11) is 0. The minimum absolute atomic E-state index is 0.226. The fourth-order valence-electron chi connectivity index (χ4n) is 1.49. The van der Waals surface area contributed by atoms with Crippen LogP contribution < -0.4 is 5.32 Å². The Morgan fingerprint density at radius 3 is 2.36 bits per heavy atom. The maximum atomic E-state index is 10.7. The molecule has 0 saturated carbocycles. The lowest BCUT2D eigenvalue weighted by Gasteiger charge is -2.17. The molecule has 3 nitrogen and oxygen atoms in total. The van der Waals surface area contributed by atoms with Gasteiger partial charge in [-0.2, -0.15) is 0 Å². The third-order valence-corrected chi connectivity index (χ3v) is 2.06. The van der Waals surface area contributed by atoms with Crippen LogP contribution in [-0.2, 0) is 4.79 Å². The minimum atomic E-state index is -0.808. The molecule has 11 heavy (non-hydrogen) atoms. The fraction of sp³-hybridized carbons (Fsp3) is 0.625. The van der Waals surface area contributed by atoms with Crippen LogP contribution in [0.3, 0.4) is 0 Å². The van der Waals surface area contributed by atoms with E-state index in [1.165, 1.54) is 0 Å². The highest BCUT2D eigenvalue weighted by Gasteiger charge is 2.35. The van der Waals surface area contributed by atoms with Crippen LogP contribution in [0.15, 0.2) is 11.3 Å². The minimum Gasteiger partial charge on any atom is -0.478 e. The molecule has 1 aliphatic heterocycles. The van der Waals surface area contributed by atoms with Gasteiger partial charge in [-0.05, 0) is 6.92 Å². The summed E-state index contributed by atoms with van der Waals surface area (Å²) in [6, 6.07) is 0. The van der Waals surface area contributed by atoms with Crippen molar-refractivity contribution in [2.75, 3.05) is 6.54 Å². The molecule has 0 aromatic rings. The summed E-state index contributed by atoms with van der Waals surface area (Å²) in [5, 5.41) is 11.9. The van der Waals surface area contributed by atoms with Gasteiger partial charge >= 0.3 is 5.97 Å². The van der Waals surface area contributed by atoms with Crippen LogP contribution in [0.25, 0.3) is 0 Å². The number of aliphatic carboxylic acids is 1. The SMILES string of the molecule is CC1=C(C(=O)O)C(C)(C)CN1. The van der Waals surface area contributed by atoms with Gasteiger partial charge in [0.15, 0.2) is 0 Å². The second kappa shape index (κ2) is 2.26. The van der Waals surface area contributed by atoms with Crippen LogP contribution in [0.4, 0.5) is 0 Å². The number of carboxylic acids is 1. The molecular weight excluding hydrogens is 142 g/mol. The number of rotatable bonds is 1. The van der Waals surface area contributed by atoms with Crippen LogP contribution in [0.5, 0.6) is 0 Å². The molecule has 0 aromatic heterocycles. The average molecular weight is 155 g/mol. The quantitative estimate of drug-likeness (QED) is 0.593. The predicted octanol–water partition coefficient (Wildman–Crippen LogP) is 0.974. The van der Waals surface area contributed by atoms with Gasteiger partial charge in [-0.1, -0.05) is 13.8 Å². The Balaban J connectivity index is 3.04. The number of nitrogens with one attached hydrogen (secondary N) is 1. The van der Waals surface area contributed by atoms with Crippen molar-refractivity contribution in [3.8, 4) is 0 Å². The zero-order valence-corrected chi connectivity index (χ0v) is 7.06. The van der Waals surface area contributed by atoms with E-state index in [1.807, 2.05) is 13.8 Å². The Morgan fingerprint density at radius 2 is 2.18 bits per heavy atom. The molecular formula is C8H13NO2. The first-order valence-electron chi connectivity index (χ1n) is 3.63. The van der Waals surface area contributed by atoms with Crippen molar-refractivity contribution in [2.24, 2.45) is 5.41 Å². The van der Waals surface area contributed by atoms with E-state index < -0.39 is 5.97 Å². The van der Waals surface area contributed by atoms with Crippen molar-refractivity contribution in [3.05, 3.63) is 11.3 Å². The summed E-state index contributed by atoms with van der Waals surface area (Å²) in [6.45, 7) is 6.39. The Morgan fingerprint density at radius 1 is 1.64 bits per heavy atom. The molecule has 1 rings (SSSR count). The Kier molecular flexibility index (Phi) is 1.66. The van der Waals surface area contributed by atoms with E-state index in [4.69, 9.17) is 5.11 Å². The van der Waals surface area contributed by atoms with E-state index in [9.17, 15) is 4.79 Å². The van der Waals surface area contributed by atoms with Crippen LogP contribution in [0, 0.1) is 5.41 Å². The molecule has 0 atom stereocenters. The largest absolute Gasteiger partial charge is 0.478 e. The molecule has 0 fully saturated rings. The van der Waals surface area contributed by atoms with Gasteiger partial charge in [0.2, 0.25) is 0 Å². The van der Waals surface area contributed by atoms with Crippen LogP contribution in [-0.4, -0.2) is 17.6 Å². The third-order valence-electron chi connectivity index (χ3n) is 2.06. The number of carboxylic acid groups (broad SMARTS) is 1. The number of allylic oxidation sites excluding steroid dienone is 1. The van der Waals surface area contributed by atoms with Gasteiger partial charge in [0, 0.05) is 17.7 Å². The Hall–Kier alpha value is -0.990. The second-order valence-corrected chi connectivity index (χ2v) is 3.54. The van der Waals surface area contributed by atoms with E-state index in [-0.39, 0.29) is 5.41 Å². The van der Waals surface area contributed by atoms with Crippen molar-refractivity contribution in [1.29, 1.82) is 0 Å². The highest BCUT2D eigenvalue weighted by molar-refractivity contribution is 5.89. The lowest BCUT2D eigenvalue weighted by Crippen LogP contribution is -2.23. The summed E-state index contributed by atoms with van der Waals surface area (Å²) in [4.78, 5) is 10.7. The molecule has 0 bridgehead atoms. The molecule has 2 N–H and O–H groups in total. The molecule has 0 amide bonds. The van der Waals surface area contributed by atoms with E-state index in [0.717, 1.165) is 12.2 Å². The zero-order valence-electron chi connectivity index (χ0n) is 7.06. The molecule has 0 aliphatic carbocycles. The first kappa shape index (κ1) is 8.11. The van der Waals surface area contributed by atoms with Crippen molar-refractivity contribution in [1.82, 2.24) is 5.32 Å². The number of hydrogen-bond acceptors (Lipinski definition) is 2. The topological polar surface area (TPSA) is 49.3 Å². The van der Waals surface area contributed by atoms with Gasteiger partial charge in [-0.25, -0.2) is 4.79 Å². The molecule has 62 valence electrons. The lowest BCUT2D eigenvalue weighted by molar-refractivity contribution is -0.133. The van der Waals surface area contributed by atoms with Gasteiger partial charge < -0.3 is 10.4 Å². The average Bonchev–Trinajstić information content (AvgIpc) is 2.06. The highest BCUT2D eigenvalue weighted by Crippen LogP contribution is 2.32. The van der Waals surface area contributed by atoms with Crippen molar-refractivity contribution in [3.63, 3.8) is 0 Å². The molecule has 0 spiro atoms. The van der Waals surface area contributed by atoms with Gasteiger partial charge in [-0.15, -0.1) is 0 Å². The van der Waals surface area contributed by atoms with Crippen LogP contribution in [0.1, 0.15) is 20.8 Å². The normalized spacial score (nSPS) is 21.7. The summed E-state index contributed by atoms with van der Waals surface area (Å²) in [6.07, 6.45) is 0. The molecule has 1 heterocycles. The second-order valence-electron chi connectivity index (χ2n) is 3.54. The van der Waals surface area contributed by atoms with Gasteiger partial charge in [0.25, 0.3) is 0 Å². The standard InChI is InChI=1S/C8H13NO2/c1-5-6(7(10)11)8(2,3)4-9-5/h9H,4H2,1-3H3,(H,10,11). The van der Waals surface area contributed by atoms with Gasteiger partial charge in [0.05, 0.1) is 5.57 Å². The van der Waals surface area contributed by atoms with E-state index in [1.54, 1.807) is 6.92 Å².